The Labute approximate surface area is 189 Å². The zero-order valence-corrected chi connectivity index (χ0v) is 20.2. The van der Waals surface area contributed by atoms with Gasteiger partial charge in [-0.1, -0.05) is 37.6 Å². The molecule has 0 aromatic carbocycles. The van der Waals surface area contributed by atoms with E-state index in [9.17, 15) is 0 Å². The van der Waals surface area contributed by atoms with Crippen molar-refractivity contribution in [1.29, 1.82) is 0 Å². The first kappa shape index (κ1) is 23.1. The molecule has 1 aliphatic carbocycles. The average Bonchev–Trinajstić information content (AvgIpc) is 3.50. The van der Waals surface area contributed by atoms with Gasteiger partial charge in [-0.3, -0.25) is 4.99 Å². The van der Waals surface area contributed by atoms with E-state index in [1.807, 2.05) is 11.3 Å². The van der Waals surface area contributed by atoms with E-state index in [1.165, 1.54) is 30.6 Å². The van der Waals surface area contributed by atoms with E-state index >= 15 is 0 Å². The van der Waals surface area contributed by atoms with Gasteiger partial charge in [-0.25, -0.2) is 0 Å². The summed E-state index contributed by atoms with van der Waals surface area (Å²) >= 11 is 3.54. The molecule has 1 aliphatic rings. The van der Waals surface area contributed by atoms with Gasteiger partial charge in [0.2, 0.25) is 0 Å². The summed E-state index contributed by atoms with van der Waals surface area (Å²) in [5, 5.41) is 19.0. The maximum absolute atomic E-state index is 4.80. The number of aliphatic imine (C=N–C) groups is 1. The smallest absolute Gasteiger partial charge is 0.191 e. The molecule has 2 N–H and O–H groups in total. The molecule has 0 aliphatic heterocycles. The van der Waals surface area contributed by atoms with Crippen LogP contribution in [0.15, 0.2) is 27.7 Å². The standard InChI is InChI=1S/C22H36N6S2/c1-4-23-21(25-16-17(2)15-19-11-8-14-30-19)24-13-7-12-20-26-27-22(29-3)28(20)18-9-5-6-10-18/h8,11,14,17-18H,4-7,9-10,12-13,15-16H2,1-3H3,(H2,23,24,25). The fourth-order valence-electron chi connectivity index (χ4n) is 4.03. The van der Waals surface area contributed by atoms with Gasteiger partial charge in [0.15, 0.2) is 11.1 Å². The van der Waals surface area contributed by atoms with E-state index in [-0.39, 0.29) is 0 Å². The molecule has 1 saturated carbocycles. The number of thioether (sulfide) groups is 1. The minimum absolute atomic E-state index is 0.536. The summed E-state index contributed by atoms with van der Waals surface area (Å²) in [5.74, 6) is 2.59. The zero-order valence-electron chi connectivity index (χ0n) is 18.6. The first-order valence-corrected chi connectivity index (χ1v) is 13.3. The second kappa shape index (κ2) is 12.3. The Morgan fingerprint density at radius 2 is 2.17 bits per heavy atom. The lowest BCUT2D eigenvalue weighted by atomic mass is 10.1. The molecule has 0 spiro atoms. The zero-order chi connectivity index (χ0) is 21.2. The monoisotopic (exact) mass is 448 g/mol. The van der Waals surface area contributed by atoms with Crippen molar-refractivity contribution in [2.24, 2.45) is 10.9 Å². The molecule has 2 aromatic rings. The van der Waals surface area contributed by atoms with Gasteiger partial charge in [-0.05, 0) is 56.2 Å². The van der Waals surface area contributed by atoms with E-state index in [0.717, 1.165) is 55.8 Å². The topological polar surface area (TPSA) is 67.1 Å². The quantitative estimate of drug-likeness (QED) is 0.229. The second-order valence-electron chi connectivity index (χ2n) is 8.05. The van der Waals surface area contributed by atoms with E-state index in [2.05, 4.69) is 63.0 Å². The molecule has 0 amide bonds. The number of aromatic nitrogens is 3. The van der Waals surface area contributed by atoms with Crippen LogP contribution in [-0.2, 0) is 12.8 Å². The van der Waals surface area contributed by atoms with E-state index in [0.29, 0.717) is 12.0 Å². The Hall–Kier alpha value is -1.54. The summed E-state index contributed by atoms with van der Waals surface area (Å²) in [6.07, 6.45) is 10.3. The molecule has 0 radical (unpaired) electrons. The summed E-state index contributed by atoms with van der Waals surface area (Å²) in [5.41, 5.74) is 0. The molecule has 166 valence electrons. The van der Waals surface area contributed by atoms with E-state index in [1.54, 1.807) is 11.8 Å². The Bertz CT molecular complexity index is 765. The number of rotatable bonds is 11. The van der Waals surface area contributed by atoms with Gasteiger partial charge in [0.25, 0.3) is 0 Å². The average molecular weight is 449 g/mol. The Balaban J connectivity index is 1.47. The summed E-state index contributed by atoms with van der Waals surface area (Å²) in [6, 6.07) is 4.92. The van der Waals surface area contributed by atoms with Crippen LogP contribution in [0, 0.1) is 5.92 Å². The van der Waals surface area contributed by atoms with Gasteiger partial charge >= 0.3 is 0 Å². The van der Waals surface area contributed by atoms with Crippen LogP contribution >= 0.6 is 23.1 Å². The third-order valence-corrected chi connectivity index (χ3v) is 7.05. The van der Waals surface area contributed by atoms with Crippen molar-refractivity contribution in [3.05, 3.63) is 28.2 Å². The van der Waals surface area contributed by atoms with Crippen molar-refractivity contribution in [2.75, 3.05) is 25.9 Å². The molecule has 3 rings (SSSR count). The number of thiophene rings is 1. The number of nitrogens with zero attached hydrogens (tertiary/aromatic N) is 4. The van der Waals surface area contributed by atoms with Crippen LogP contribution in [0.25, 0.3) is 0 Å². The number of hydrogen-bond acceptors (Lipinski definition) is 5. The van der Waals surface area contributed by atoms with Crippen LogP contribution < -0.4 is 10.6 Å². The predicted molar refractivity (Wildman–Crippen MR) is 129 cm³/mol. The third-order valence-electron chi connectivity index (χ3n) is 5.51. The lowest BCUT2D eigenvalue weighted by Crippen LogP contribution is -2.38. The summed E-state index contributed by atoms with van der Waals surface area (Å²) < 4.78 is 2.41. The highest BCUT2D eigenvalue weighted by atomic mass is 32.2. The van der Waals surface area contributed by atoms with Crippen LogP contribution in [0.3, 0.4) is 0 Å². The molecule has 2 heterocycles. The summed E-state index contributed by atoms with van der Waals surface area (Å²) in [6.45, 7) is 6.97. The van der Waals surface area contributed by atoms with Crippen LogP contribution in [0.1, 0.15) is 62.7 Å². The number of aryl methyl sites for hydroxylation is 1. The highest BCUT2D eigenvalue weighted by Gasteiger charge is 2.23. The molecule has 30 heavy (non-hydrogen) atoms. The van der Waals surface area contributed by atoms with Crippen molar-refractivity contribution in [2.45, 2.75) is 70.0 Å². The van der Waals surface area contributed by atoms with E-state index in [4.69, 9.17) is 4.99 Å². The number of nitrogens with one attached hydrogen (secondary N) is 2. The Morgan fingerprint density at radius 3 is 2.87 bits per heavy atom. The van der Waals surface area contributed by atoms with E-state index < -0.39 is 0 Å². The van der Waals surface area contributed by atoms with Crippen LogP contribution in [0.4, 0.5) is 0 Å². The van der Waals surface area contributed by atoms with Crippen molar-refractivity contribution >= 4 is 29.1 Å². The molecule has 1 atom stereocenters. The fraction of sp³-hybridized carbons (Fsp3) is 0.682. The fourth-order valence-corrected chi connectivity index (χ4v) is 5.47. The van der Waals surface area contributed by atoms with Crippen molar-refractivity contribution in [3.8, 4) is 0 Å². The van der Waals surface area contributed by atoms with Gasteiger partial charge in [0, 0.05) is 37.0 Å². The molecule has 1 unspecified atom stereocenters. The second-order valence-corrected chi connectivity index (χ2v) is 9.86. The van der Waals surface area contributed by atoms with Crippen molar-refractivity contribution < 1.29 is 0 Å². The van der Waals surface area contributed by atoms with Crippen LogP contribution in [-0.4, -0.2) is 46.6 Å². The first-order valence-electron chi connectivity index (χ1n) is 11.2. The van der Waals surface area contributed by atoms with Gasteiger partial charge in [0.1, 0.15) is 5.82 Å². The lowest BCUT2D eigenvalue weighted by Gasteiger charge is -2.16. The summed E-state index contributed by atoms with van der Waals surface area (Å²) in [4.78, 5) is 6.24. The molecular formula is C22H36N6S2. The van der Waals surface area contributed by atoms with Crippen molar-refractivity contribution in [3.63, 3.8) is 0 Å². The number of guanidine groups is 1. The Kier molecular flexibility index (Phi) is 9.52. The highest BCUT2D eigenvalue weighted by Crippen LogP contribution is 2.33. The SMILES string of the molecule is CCNC(=NCC(C)Cc1cccs1)NCCCc1nnc(SC)n1C1CCCC1. The van der Waals surface area contributed by atoms with Gasteiger partial charge in [0.05, 0.1) is 0 Å². The normalized spacial score (nSPS) is 16.2. The molecule has 0 saturated heterocycles. The molecule has 8 heteroatoms. The molecule has 2 aromatic heterocycles. The number of hydrogen-bond donors (Lipinski definition) is 2. The molecule has 1 fully saturated rings. The maximum Gasteiger partial charge on any atom is 0.191 e. The lowest BCUT2D eigenvalue weighted by molar-refractivity contribution is 0.460. The minimum atomic E-state index is 0.536. The van der Waals surface area contributed by atoms with Gasteiger partial charge in [-0.2, -0.15) is 0 Å². The Morgan fingerprint density at radius 1 is 1.33 bits per heavy atom. The van der Waals surface area contributed by atoms with Crippen LogP contribution in [0.2, 0.25) is 0 Å². The van der Waals surface area contributed by atoms with Crippen molar-refractivity contribution in [1.82, 2.24) is 25.4 Å². The third kappa shape index (κ3) is 6.74. The molecular weight excluding hydrogens is 412 g/mol. The predicted octanol–water partition coefficient (Wildman–Crippen LogP) is 4.54. The van der Waals surface area contributed by atoms with Gasteiger partial charge < -0.3 is 15.2 Å². The molecule has 0 bridgehead atoms. The summed E-state index contributed by atoms with van der Waals surface area (Å²) in [7, 11) is 0. The first-order chi connectivity index (χ1) is 14.7. The largest absolute Gasteiger partial charge is 0.357 e. The van der Waals surface area contributed by atoms with Gasteiger partial charge in [-0.15, -0.1) is 21.5 Å². The maximum atomic E-state index is 4.80. The highest BCUT2D eigenvalue weighted by molar-refractivity contribution is 7.98. The minimum Gasteiger partial charge on any atom is -0.357 e. The molecule has 6 nitrogen and oxygen atoms in total. The van der Waals surface area contributed by atoms with Crippen LogP contribution in [0.5, 0.6) is 0 Å².